The van der Waals surface area contributed by atoms with Crippen LogP contribution in [0.5, 0.6) is 0 Å². The molecule has 7 heteroatoms. The van der Waals surface area contributed by atoms with Crippen LogP contribution in [0.15, 0.2) is 76.9 Å². The highest BCUT2D eigenvalue weighted by Gasteiger charge is 2.47. The zero-order valence-corrected chi connectivity index (χ0v) is 16.5. The zero-order valence-electron chi connectivity index (χ0n) is 15.0. The second-order valence-electron chi connectivity index (χ2n) is 6.53. The minimum Gasteiger partial charge on any atom is -0.507 e. The van der Waals surface area contributed by atoms with Crippen LogP contribution in [0.3, 0.4) is 0 Å². The van der Waals surface area contributed by atoms with E-state index in [0.29, 0.717) is 26.9 Å². The predicted octanol–water partition coefficient (Wildman–Crippen LogP) is 5.21. The Morgan fingerprint density at radius 1 is 1.00 bits per heavy atom. The first-order chi connectivity index (χ1) is 14.0. The van der Waals surface area contributed by atoms with Gasteiger partial charge < -0.3 is 14.4 Å². The SMILES string of the molecule is O=C1C(=O)N(Cc2ccco2)C(c2ccccc2Cl)/C1=C(/O)c1ccc(Cl)cc1. The minimum absolute atomic E-state index is 0.0306. The number of hydrogen-bond donors (Lipinski definition) is 1. The van der Waals surface area contributed by atoms with Gasteiger partial charge in [0, 0.05) is 15.6 Å². The number of aliphatic hydroxyl groups excluding tert-OH is 1. The molecule has 0 bridgehead atoms. The van der Waals surface area contributed by atoms with Crippen molar-refractivity contribution in [1.82, 2.24) is 4.90 Å². The quantitative estimate of drug-likeness (QED) is 0.352. The van der Waals surface area contributed by atoms with E-state index in [-0.39, 0.29) is 17.9 Å². The van der Waals surface area contributed by atoms with Crippen LogP contribution in [0.25, 0.3) is 5.76 Å². The molecule has 0 saturated carbocycles. The third-order valence-electron chi connectivity index (χ3n) is 4.76. The van der Waals surface area contributed by atoms with E-state index in [0.717, 1.165) is 0 Å². The number of rotatable bonds is 4. The van der Waals surface area contributed by atoms with E-state index < -0.39 is 17.7 Å². The third kappa shape index (κ3) is 3.55. The molecular formula is C22H15Cl2NO4. The van der Waals surface area contributed by atoms with Crippen LogP contribution in [0, 0.1) is 0 Å². The molecule has 5 nitrogen and oxygen atoms in total. The summed E-state index contributed by atoms with van der Waals surface area (Å²) in [5, 5.41) is 11.8. The number of nitrogens with zero attached hydrogens (tertiary/aromatic N) is 1. The summed E-state index contributed by atoms with van der Waals surface area (Å²) in [4.78, 5) is 27.1. The number of amides is 1. The normalized spacial score (nSPS) is 18.4. The molecular weight excluding hydrogens is 413 g/mol. The molecule has 1 aliphatic rings. The summed E-state index contributed by atoms with van der Waals surface area (Å²) in [7, 11) is 0. The first-order valence-electron chi connectivity index (χ1n) is 8.78. The number of benzene rings is 2. The molecule has 1 N–H and O–H groups in total. The molecule has 1 atom stereocenters. The van der Waals surface area contributed by atoms with Gasteiger partial charge in [-0.05, 0) is 48.0 Å². The van der Waals surface area contributed by atoms with E-state index in [1.807, 2.05) is 0 Å². The van der Waals surface area contributed by atoms with Crippen LogP contribution >= 0.6 is 23.2 Å². The first kappa shape index (κ1) is 19.3. The molecule has 1 fully saturated rings. The van der Waals surface area contributed by atoms with Crippen molar-refractivity contribution in [1.29, 1.82) is 0 Å². The molecule has 1 aliphatic heterocycles. The van der Waals surface area contributed by atoms with Gasteiger partial charge in [0.2, 0.25) is 0 Å². The van der Waals surface area contributed by atoms with Gasteiger partial charge in [0.25, 0.3) is 11.7 Å². The summed E-state index contributed by atoms with van der Waals surface area (Å²) >= 11 is 12.3. The third-order valence-corrected chi connectivity index (χ3v) is 5.36. The van der Waals surface area contributed by atoms with Crippen molar-refractivity contribution in [3.63, 3.8) is 0 Å². The molecule has 146 valence electrons. The van der Waals surface area contributed by atoms with Crippen LogP contribution in [-0.2, 0) is 16.1 Å². The predicted molar refractivity (Wildman–Crippen MR) is 109 cm³/mol. The lowest BCUT2D eigenvalue weighted by Gasteiger charge is -2.25. The van der Waals surface area contributed by atoms with Gasteiger partial charge in [0.05, 0.1) is 24.4 Å². The Morgan fingerprint density at radius 2 is 1.72 bits per heavy atom. The van der Waals surface area contributed by atoms with Crippen molar-refractivity contribution < 1.29 is 19.1 Å². The summed E-state index contributed by atoms with van der Waals surface area (Å²) in [6.07, 6.45) is 1.49. The number of aliphatic hydroxyl groups is 1. The Labute approximate surface area is 176 Å². The molecule has 4 rings (SSSR count). The van der Waals surface area contributed by atoms with Crippen LogP contribution in [-0.4, -0.2) is 21.7 Å². The molecule has 1 amide bonds. The van der Waals surface area contributed by atoms with E-state index in [9.17, 15) is 14.7 Å². The average molecular weight is 428 g/mol. The fraction of sp³-hybridized carbons (Fsp3) is 0.0909. The van der Waals surface area contributed by atoms with Crippen LogP contribution in [0.4, 0.5) is 0 Å². The number of halogens is 2. The van der Waals surface area contributed by atoms with Crippen molar-refractivity contribution >= 4 is 40.7 Å². The van der Waals surface area contributed by atoms with E-state index >= 15 is 0 Å². The van der Waals surface area contributed by atoms with Gasteiger partial charge in [-0.25, -0.2) is 0 Å². The zero-order chi connectivity index (χ0) is 20.5. The van der Waals surface area contributed by atoms with Crippen molar-refractivity contribution in [2.45, 2.75) is 12.6 Å². The second kappa shape index (κ2) is 7.78. The molecule has 1 aromatic heterocycles. The van der Waals surface area contributed by atoms with Gasteiger partial charge in [-0.2, -0.15) is 0 Å². The fourth-order valence-corrected chi connectivity index (χ4v) is 3.76. The summed E-state index contributed by atoms with van der Waals surface area (Å²) in [6.45, 7) is 0.0604. The Balaban J connectivity index is 1.89. The Morgan fingerprint density at radius 3 is 2.38 bits per heavy atom. The number of Topliss-reactive ketones (excluding diaryl/α,β-unsaturated/α-hetero) is 1. The van der Waals surface area contributed by atoms with Crippen LogP contribution < -0.4 is 0 Å². The van der Waals surface area contributed by atoms with Crippen LogP contribution in [0.1, 0.15) is 22.9 Å². The molecule has 1 saturated heterocycles. The second-order valence-corrected chi connectivity index (χ2v) is 7.38. The molecule has 2 aromatic carbocycles. The van der Waals surface area contributed by atoms with E-state index in [2.05, 4.69) is 0 Å². The van der Waals surface area contributed by atoms with Crippen molar-refractivity contribution in [3.05, 3.63) is 99.4 Å². The number of furan rings is 1. The van der Waals surface area contributed by atoms with E-state index in [4.69, 9.17) is 27.6 Å². The molecule has 0 spiro atoms. The monoisotopic (exact) mass is 427 g/mol. The van der Waals surface area contributed by atoms with Gasteiger partial charge >= 0.3 is 0 Å². The largest absolute Gasteiger partial charge is 0.507 e. The maximum absolute atomic E-state index is 12.9. The number of carbonyl (C=O) groups is 2. The van der Waals surface area contributed by atoms with Gasteiger partial charge in [-0.1, -0.05) is 41.4 Å². The number of likely N-dealkylation sites (tertiary alicyclic amines) is 1. The lowest BCUT2D eigenvalue weighted by Crippen LogP contribution is -2.29. The Kier molecular flexibility index (Phi) is 5.18. The Bertz CT molecular complexity index is 1100. The van der Waals surface area contributed by atoms with Crippen molar-refractivity contribution in [2.24, 2.45) is 0 Å². The van der Waals surface area contributed by atoms with Gasteiger partial charge in [0.15, 0.2) is 0 Å². The number of ketones is 1. The van der Waals surface area contributed by atoms with Crippen molar-refractivity contribution in [2.75, 3.05) is 0 Å². The molecule has 0 radical (unpaired) electrons. The lowest BCUT2D eigenvalue weighted by molar-refractivity contribution is -0.140. The maximum atomic E-state index is 12.9. The van der Waals surface area contributed by atoms with Gasteiger partial charge in [-0.3, -0.25) is 9.59 Å². The summed E-state index contributed by atoms with van der Waals surface area (Å²) in [6, 6.07) is 15.8. The van der Waals surface area contributed by atoms with Crippen molar-refractivity contribution in [3.8, 4) is 0 Å². The molecule has 2 heterocycles. The average Bonchev–Trinajstić information content (AvgIpc) is 3.31. The maximum Gasteiger partial charge on any atom is 0.296 e. The first-order valence-corrected chi connectivity index (χ1v) is 9.54. The van der Waals surface area contributed by atoms with Gasteiger partial charge in [-0.15, -0.1) is 0 Å². The van der Waals surface area contributed by atoms with E-state index in [1.165, 1.54) is 11.2 Å². The summed E-state index contributed by atoms with van der Waals surface area (Å²) in [5.74, 6) is -1.29. The highest BCUT2D eigenvalue weighted by atomic mass is 35.5. The standard InChI is InChI=1S/C22H15Cl2NO4/c23-14-9-7-13(8-10-14)20(26)18-19(16-5-1-2-6-17(16)24)25(22(28)21(18)27)12-15-4-3-11-29-15/h1-11,19,26H,12H2/b20-18-. The molecule has 29 heavy (non-hydrogen) atoms. The highest BCUT2D eigenvalue weighted by Crippen LogP contribution is 2.42. The summed E-state index contributed by atoms with van der Waals surface area (Å²) in [5.41, 5.74) is 0.884. The van der Waals surface area contributed by atoms with E-state index in [1.54, 1.807) is 60.7 Å². The molecule has 3 aromatic rings. The highest BCUT2D eigenvalue weighted by molar-refractivity contribution is 6.47. The smallest absolute Gasteiger partial charge is 0.296 e. The Hall–Kier alpha value is -3.02. The molecule has 0 aliphatic carbocycles. The topological polar surface area (TPSA) is 70.8 Å². The summed E-state index contributed by atoms with van der Waals surface area (Å²) < 4.78 is 5.36. The van der Waals surface area contributed by atoms with Crippen LogP contribution in [0.2, 0.25) is 10.0 Å². The lowest BCUT2D eigenvalue weighted by atomic mass is 9.95. The number of carbonyl (C=O) groups excluding carboxylic acids is 2. The van der Waals surface area contributed by atoms with Gasteiger partial charge in [0.1, 0.15) is 11.5 Å². The minimum atomic E-state index is -0.857. The number of hydrogen-bond acceptors (Lipinski definition) is 4. The molecule has 1 unspecified atom stereocenters. The fourth-order valence-electron chi connectivity index (χ4n) is 3.40.